The molecule has 3 aromatic rings. The third kappa shape index (κ3) is 5.00. The van der Waals surface area contributed by atoms with Crippen LogP contribution in [0.1, 0.15) is 104 Å². The quantitative estimate of drug-likeness (QED) is 0.361. The van der Waals surface area contributed by atoms with E-state index in [-0.39, 0.29) is 29.7 Å². The maximum Gasteiger partial charge on any atom is 0.264 e. The lowest BCUT2D eigenvalue weighted by atomic mass is 9.81. The van der Waals surface area contributed by atoms with Gasteiger partial charge in [0.05, 0.1) is 29.5 Å². The summed E-state index contributed by atoms with van der Waals surface area (Å²) in [6, 6.07) is 11.9. The van der Waals surface area contributed by atoms with Gasteiger partial charge >= 0.3 is 0 Å². The molecule has 0 radical (unpaired) electrons. The standard InChI is InChI=1S/C39H46N4O6S/c1-23(44)42-16-6-9-26-20-41(21-34(26)42)38(46)39-19-32(39)31-18-27(49-2)11-15-29(31)36-35(24-7-4-3-5-8-24)30-14-10-25(17-33(30)43(36)22-39)37(45)40-50(47,48)28-12-13-28/h10-11,14-15,17-18,24,26,28,32,34H,3-9,12-13,16,19-22H2,1-2H3,(H,40,45). The topological polar surface area (TPSA) is 118 Å². The number of fused-ring (bicyclic) bond motifs is 8. The number of ether oxygens (including phenoxy) is 1. The third-order valence-electron chi connectivity index (χ3n) is 12.9. The second-order valence-electron chi connectivity index (χ2n) is 15.8. The molecule has 2 aromatic carbocycles. The van der Waals surface area contributed by atoms with E-state index in [2.05, 4.69) is 21.4 Å². The average Bonchev–Trinajstić information content (AvgIpc) is 4.03. The first kappa shape index (κ1) is 32.1. The van der Waals surface area contributed by atoms with Crippen LogP contribution in [0.2, 0.25) is 0 Å². The number of nitrogens with one attached hydrogen (secondary N) is 1. The first-order valence-corrected chi connectivity index (χ1v) is 20.1. The molecule has 9 rings (SSSR count). The van der Waals surface area contributed by atoms with Gasteiger partial charge in [-0.15, -0.1) is 0 Å². The summed E-state index contributed by atoms with van der Waals surface area (Å²) in [5, 5.41) is 0.571. The van der Waals surface area contributed by atoms with Crippen molar-refractivity contribution in [3.8, 4) is 17.0 Å². The minimum Gasteiger partial charge on any atom is -0.497 e. The van der Waals surface area contributed by atoms with Gasteiger partial charge in [-0.1, -0.05) is 25.3 Å². The number of nitrogens with zero attached hydrogens (tertiary/aromatic N) is 3. The molecule has 50 heavy (non-hydrogen) atoms. The number of benzene rings is 2. The SMILES string of the molecule is COc1ccc2c(c1)C1CC1(C(=O)N1CC3CCCN(C(C)=O)C3C1)Cn1c-2c(C2CCCCC2)c2ccc(C(=O)NS(=O)(=O)C3CC3)cc21. The highest BCUT2D eigenvalue weighted by molar-refractivity contribution is 7.91. The van der Waals surface area contributed by atoms with Gasteiger partial charge in [-0.3, -0.25) is 14.4 Å². The normalized spacial score (nSPS) is 27.5. The van der Waals surface area contributed by atoms with Crippen molar-refractivity contribution in [3.05, 3.63) is 53.1 Å². The van der Waals surface area contributed by atoms with E-state index >= 15 is 4.79 Å². The Morgan fingerprint density at radius 2 is 1.74 bits per heavy atom. The predicted octanol–water partition coefficient (Wildman–Crippen LogP) is 5.54. The van der Waals surface area contributed by atoms with Crippen molar-refractivity contribution in [1.29, 1.82) is 0 Å². The van der Waals surface area contributed by atoms with Crippen LogP contribution in [0.4, 0.5) is 0 Å². The lowest BCUT2D eigenvalue weighted by molar-refractivity contribution is -0.138. The Hall–Kier alpha value is -3.86. The number of likely N-dealkylation sites (tertiary alicyclic amines) is 2. The Bertz CT molecular complexity index is 2050. The van der Waals surface area contributed by atoms with Crippen molar-refractivity contribution in [1.82, 2.24) is 19.1 Å². The molecule has 4 heterocycles. The highest BCUT2D eigenvalue weighted by atomic mass is 32.2. The second-order valence-corrected chi connectivity index (χ2v) is 17.8. The van der Waals surface area contributed by atoms with Gasteiger partial charge in [0.1, 0.15) is 5.75 Å². The van der Waals surface area contributed by atoms with Gasteiger partial charge in [-0.25, -0.2) is 13.1 Å². The van der Waals surface area contributed by atoms with E-state index in [1.54, 1.807) is 20.1 Å². The van der Waals surface area contributed by atoms with Gasteiger partial charge in [0.2, 0.25) is 21.8 Å². The van der Waals surface area contributed by atoms with Gasteiger partial charge in [-0.05, 0) is 98.2 Å². The van der Waals surface area contributed by atoms with Gasteiger partial charge in [0.25, 0.3) is 5.91 Å². The molecule has 2 saturated heterocycles. The average molecular weight is 699 g/mol. The number of carbonyl (C=O) groups is 3. The first-order chi connectivity index (χ1) is 24.1. The van der Waals surface area contributed by atoms with Crippen LogP contribution in [0.3, 0.4) is 0 Å². The number of piperidine rings is 1. The number of carbonyl (C=O) groups excluding carboxylic acids is 3. The lowest BCUT2D eigenvalue weighted by Crippen LogP contribution is -2.48. The number of hydrogen-bond acceptors (Lipinski definition) is 6. The van der Waals surface area contributed by atoms with Crippen LogP contribution in [-0.2, 0) is 26.2 Å². The van der Waals surface area contributed by atoms with Crippen molar-refractivity contribution < 1.29 is 27.5 Å². The molecular formula is C39H46N4O6S. The zero-order chi connectivity index (χ0) is 34.5. The summed E-state index contributed by atoms with van der Waals surface area (Å²) in [7, 11) is -2.04. The Kier molecular flexibility index (Phi) is 7.43. The first-order valence-electron chi connectivity index (χ1n) is 18.6. The van der Waals surface area contributed by atoms with E-state index in [9.17, 15) is 18.0 Å². The maximum atomic E-state index is 15.0. The maximum absolute atomic E-state index is 15.0. The van der Waals surface area contributed by atoms with Crippen molar-refractivity contribution in [2.45, 2.75) is 101 Å². The number of hydrogen-bond donors (Lipinski definition) is 1. The van der Waals surface area contributed by atoms with Crippen LogP contribution in [0.15, 0.2) is 36.4 Å². The highest BCUT2D eigenvalue weighted by Gasteiger charge is 2.64. The summed E-state index contributed by atoms with van der Waals surface area (Å²) in [6.45, 7) is 4.09. The summed E-state index contributed by atoms with van der Waals surface area (Å²) in [6.07, 6.45) is 9.54. The molecule has 3 aliphatic carbocycles. The molecule has 3 aliphatic heterocycles. The predicted molar refractivity (Wildman–Crippen MR) is 189 cm³/mol. The van der Waals surface area contributed by atoms with Crippen LogP contribution in [0, 0.1) is 11.3 Å². The summed E-state index contributed by atoms with van der Waals surface area (Å²) in [4.78, 5) is 45.0. The zero-order valence-electron chi connectivity index (χ0n) is 28.9. The highest BCUT2D eigenvalue weighted by Crippen LogP contribution is 2.66. The molecule has 264 valence electrons. The van der Waals surface area contributed by atoms with Crippen LogP contribution in [0.5, 0.6) is 5.75 Å². The number of methoxy groups -OCH3 is 1. The molecule has 3 amide bonds. The van der Waals surface area contributed by atoms with Crippen molar-refractivity contribution in [3.63, 3.8) is 0 Å². The van der Waals surface area contributed by atoms with Crippen molar-refractivity contribution >= 4 is 38.6 Å². The van der Waals surface area contributed by atoms with E-state index in [0.717, 1.165) is 78.5 Å². The molecule has 1 aromatic heterocycles. The summed E-state index contributed by atoms with van der Waals surface area (Å²) < 4.78 is 35.9. The van der Waals surface area contributed by atoms with Gasteiger partial charge in [0, 0.05) is 61.1 Å². The molecule has 0 spiro atoms. The fourth-order valence-corrected chi connectivity index (χ4v) is 11.4. The Labute approximate surface area is 293 Å². The molecule has 5 fully saturated rings. The van der Waals surface area contributed by atoms with Crippen LogP contribution in [0.25, 0.3) is 22.2 Å². The minimum atomic E-state index is -3.71. The van der Waals surface area contributed by atoms with E-state index < -0.39 is 26.6 Å². The Morgan fingerprint density at radius 1 is 0.940 bits per heavy atom. The van der Waals surface area contributed by atoms with Crippen LogP contribution in [-0.4, -0.2) is 78.5 Å². The number of sulfonamides is 1. The van der Waals surface area contributed by atoms with Crippen molar-refractivity contribution in [2.75, 3.05) is 26.7 Å². The fraction of sp³-hybridized carbons (Fsp3) is 0.564. The molecule has 3 saturated carbocycles. The largest absolute Gasteiger partial charge is 0.497 e. The lowest BCUT2D eigenvalue weighted by Gasteiger charge is -2.36. The smallest absolute Gasteiger partial charge is 0.264 e. The number of aromatic nitrogens is 1. The molecule has 4 atom stereocenters. The Morgan fingerprint density at radius 3 is 2.48 bits per heavy atom. The van der Waals surface area contributed by atoms with Crippen molar-refractivity contribution in [2.24, 2.45) is 11.3 Å². The Balaban J connectivity index is 1.18. The third-order valence-corrected chi connectivity index (χ3v) is 14.7. The molecule has 1 N–H and O–H groups in total. The molecule has 4 unspecified atom stereocenters. The van der Waals surface area contributed by atoms with Gasteiger partial charge in [0.15, 0.2) is 0 Å². The van der Waals surface area contributed by atoms with Crippen LogP contribution < -0.4 is 9.46 Å². The second kappa shape index (κ2) is 11.6. The van der Waals surface area contributed by atoms with E-state index in [0.29, 0.717) is 50.4 Å². The summed E-state index contributed by atoms with van der Waals surface area (Å²) in [5.74, 6) is 1.02. The molecule has 6 aliphatic rings. The van der Waals surface area contributed by atoms with E-state index in [1.807, 2.05) is 28.0 Å². The molecule has 0 bridgehead atoms. The molecular weight excluding hydrogens is 653 g/mol. The number of amides is 3. The number of rotatable bonds is 6. The summed E-state index contributed by atoms with van der Waals surface area (Å²) >= 11 is 0. The molecule has 11 heteroatoms. The van der Waals surface area contributed by atoms with Gasteiger partial charge < -0.3 is 19.1 Å². The van der Waals surface area contributed by atoms with Gasteiger partial charge in [-0.2, -0.15) is 0 Å². The minimum absolute atomic E-state index is 0.0101. The monoisotopic (exact) mass is 698 g/mol. The van der Waals surface area contributed by atoms with E-state index in [1.165, 1.54) is 12.0 Å². The zero-order valence-corrected chi connectivity index (χ0v) is 29.8. The summed E-state index contributed by atoms with van der Waals surface area (Å²) in [5.41, 5.74) is 5.13. The van der Waals surface area contributed by atoms with Crippen LogP contribution >= 0.6 is 0 Å². The van der Waals surface area contributed by atoms with E-state index in [4.69, 9.17) is 4.74 Å². The fourth-order valence-electron chi connectivity index (χ4n) is 10.1. The molecule has 10 nitrogen and oxygen atoms in total.